The van der Waals surface area contributed by atoms with E-state index in [2.05, 4.69) is 41.6 Å². The number of hydrogen-bond acceptors (Lipinski definition) is 3. The molecule has 1 fully saturated rings. The van der Waals surface area contributed by atoms with Gasteiger partial charge in [-0.2, -0.15) is 5.10 Å². The summed E-state index contributed by atoms with van der Waals surface area (Å²) in [6.45, 7) is 3.45. The lowest BCUT2D eigenvalue weighted by Gasteiger charge is -2.10. The molecule has 0 saturated carbocycles. The van der Waals surface area contributed by atoms with Crippen LogP contribution in [0.1, 0.15) is 46.6 Å². The predicted octanol–water partition coefficient (Wildman–Crippen LogP) is 2.58. The van der Waals surface area contributed by atoms with Crippen molar-refractivity contribution in [2.75, 3.05) is 13.2 Å². The fraction of sp³-hybridized carbons (Fsp3) is 0.474. The number of nitrogens with zero attached hydrogens (tertiary/aromatic N) is 2. The second kappa shape index (κ2) is 6.40. The van der Waals surface area contributed by atoms with Crippen molar-refractivity contribution < 1.29 is 9.53 Å². The minimum absolute atomic E-state index is 0.0745. The van der Waals surface area contributed by atoms with E-state index < -0.39 is 0 Å². The molecule has 1 aliphatic heterocycles. The number of benzene rings is 1. The number of aryl methyl sites for hydroxylation is 1. The molecular weight excluding hydrogens is 302 g/mol. The normalized spacial score (nSPS) is 19.5. The van der Waals surface area contributed by atoms with E-state index in [1.54, 1.807) is 0 Å². The average Bonchev–Trinajstić information content (AvgIpc) is 3.31. The molecule has 1 aromatic carbocycles. The van der Waals surface area contributed by atoms with E-state index in [0.717, 1.165) is 50.0 Å². The number of aromatic nitrogens is 2. The van der Waals surface area contributed by atoms with Crippen molar-refractivity contribution in [2.24, 2.45) is 0 Å². The Morgan fingerprint density at radius 3 is 2.88 bits per heavy atom. The Balaban J connectivity index is 1.58. The van der Waals surface area contributed by atoms with Gasteiger partial charge in [0, 0.05) is 24.4 Å². The molecule has 5 heteroatoms. The van der Waals surface area contributed by atoms with Crippen molar-refractivity contribution in [2.45, 2.75) is 45.1 Å². The van der Waals surface area contributed by atoms with Crippen molar-refractivity contribution in [1.82, 2.24) is 15.1 Å². The van der Waals surface area contributed by atoms with E-state index in [-0.39, 0.29) is 12.0 Å². The van der Waals surface area contributed by atoms with Crippen LogP contribution in [0, 0.1) is 6.92 Å². The summed E-state index contributed by atoms with van der Waals surface area (Å²) in [4.78, 5) is 12.6. The number of fused-ring (bicyclic) bond motifs is 1. The van der Waals surface area contributed by atoms with Gasteiger partial charge >= 0.3 is 0 Å². The molecule has 1 atom stereocenters. The quantitative estimate of drug-likeness (QED) is 0.940. The Kier molecular flexibility index (Phi) is 4.10. The molecule has 2 aromatic rings. The van der Waals surface area contributed by atoms with Crippen LogP contribution in [0.4, 0.5) is 0 Å². The van der Waals surface area contributed by atoms with Gasteiger partial charge < -0.3 is 10.1 Å². The van der Waals surface area contributed by atoms with Crippen LogP contribution in [0.5, 0.6) is 0 Å². The standard InChI is InChI=1S/C19H23N3O2/c1-13-7-9-14(10-8-13)22-17-6-2-5-16(17)18(21-22)19(23)20-12-15-4-3-11-24-15/h7-10,15H,2-6,11-12H2,1H3,(H,20,23). The van der Waals surface area contributed by atoms with Crippen LogP contribution in [0.3, 0.4) is 0 Å². The van der Waals surface area contributed by atoms with Gasteiger partial charge in [0.05, 0.1) is 11.8 Å². The summed E-state index contributed by atoms with van der Waals surface area (Å²) in [7, 11) is 0. The third-order valence-electron chi connectivity index (χ3n) is 4.94. The first-order valence-electron chi connectivity index (χ1n) is 8.80. The van der Waals surface area contributed by atoms with Gasteiger partial charge in [-0.1, -0.05) is 17.7 Å². The summed E-state index contributed by atoms with van der Waals surface area (Å²) in [5, 5.41) is 7.65. The molecule has 0 radical (unpaired) electrons. The van der Waals surface area contributed by atoms with Gasteiger partial charge in [-0.05, 0) is 51.2 Å². The van der Waals surface area contributed by atoms with E-state index in [1.165, 1.54) is 11.3 Å². The minimum atomic E-state index is -0.0745. The maximum absolute atomic E-state index is 12.6. The molecule has 1 amide bonds. The minimum Gasteiger partial charge on any atom is -0.376 e. The van der Waals surface area contributed by atoms with Gasteiger partial charge in [0.15, 0.2) is 5.69 Å². The molecule has 1 unspecified atom stereocenters. The van der Waals surface area contributed by atoms with E-state index in [1.807, 2.05) is 4.68 Å². The van der Waals surface area contributed by atoms with Crippen molar-refractivity contribution in [3.8, 4) is 5.69 Å². The lowest BCUT2D eigenvalue weighted by Crippen LogP contribution is -2.32. The number of ether oxygens (including phenoxy) is 1. The Labute approximate surface area is 142 Å². The molecule has 4 rings (SSSR count). The highest BCUT2D eigenvalue weighted by Gasteiger charge is 2.27. The highest BCUT2D eigenvalue weighted by Crippen LogP contribution is 2.28. The molecule has 126 valence electrons. The maximum Gasteiger partial charge on any atom is 0.272 e. The third-order valence-corrected chi connectivity index (χ3v) is 4.94. The number of amides is 1. The van der Waals surface area contributed by atoms with Crippen LogP contribution < -0.4 is 5.32 Å². The summed E-state index contributed by atoms with van der Waals surface area (Å²) < 4.78 is 7.52. The zero-order valence-corrected chi connectivity index (χ0v) is 14.0. The van der Waals surface area contributed by atoms with Crippen LogP contribution in [0.2, 0.25) is 0 Å². The summed E-state index contributed by atoms with van der Waals surface area (Å²) in [5.41, 5.74) is 5.12. The topological polar surface area (TPSA) is 56.2 Å². The first kappa shape index (κ1) is 15.4. The summed E-state index contributed by atoms with van der Waals surface area (Å²) in [6, 6.07) is 8.29. The molecule has 0 spiro atoms. The average molecular weight is 325 g/mol. The number of hydrogen-bond donors (Lipinski definition) is 1. The monoisotopic (exact) mass is 325 g/mol. The zero-order valence-electron chi connectivity index (χ0n) is 14.0. The molecule has 1 saturated heterocycles. The molecule has 2 aliphatic rings. The number of carbonyl (C=O) groups excluding carboxylic acids is 1. The molecule has 2 heterocycles. The van der Waals surface area contributed by atoms with E-state index in [9.17, 15) is 4.79 Å². The second-order valence-electron chi connectivity index (χ2n) is 6.72. The first-order chi connectivity index (χ1) is 11.7. The first-order valence-corrected chi connectivity index (χ1v) is 8.80. The molecule has 1 N–H and O–H groups in total. The van der Waals surface area contributed by atoms with Crippen molar-refractivity contribution in [1.29, 1.82) is 0 Å². The Morgan fingerprint density at radius 2 is 2.12 bits per heavy atom. The van der Waals surface area contributed by atoms with Gasteiger partial charge in [-0.25, -0.2) is 4.68 Å². The fourth-order valence-corrected chi connectivity index (χ4v) is 3.61. The van der Waals surface area contributed by atoms with Gasteiger partial charge in [0.25, 0.3) is 5.91 Å². The summed E-state index contributed by atoms with van der Waals surface area (Å²) in [5.74, 6) is -0.0745. The van der Waals surface area contributed by atoms with E-state index in [0.29, 0.717) is 12.2 Å². The third kappa shape index (κ3) is 2.84. The fourth-order valence-electron chi connectivity index (χ4n) is 3.61. The second-order valence-corrected chi connectivity index (χ2v) is 6.72. The van der Waals surface area contributed by atoms with E-state index >= 15 is 0 Å². The van der Waals surface area contributed by atoms with Crippen LogP contribution in [0.15, 0.2) is 24.3 Å². The molecule has 5 nitrogen and oxygen atoms in total. The van der Waals surface area contributed by atoms with Gasteiger partial charge in [0.1, 0.15) is 0 Å². The Bertz CT molecular complexity index is 743. The van der Waals surface area contributed by atoms with Gasteiger partial charge in [-0.3, -0.25) is 4.79 Å². The van der Waals surface area contributed by atoms with Crippen molar-refractivity contribution in [3.05, 3.63) is 46.8 Å². The smallest absolute Gasteiger partial charge is 0.272 e. The number of rotatable bonds is 4. The van der Waals surface area contributed by atoms with Crippen LogP contribution in [0.25, 0.3) is 5.69 Å². The summed E-state index contributed by atoms with van der Waals surface area (Å²) in [6.07, 6.45) is 5.26. The Morgan fingerprint density at radius 1 is 1.29 bits per heavy atom. The molecule has 1 aliphatic carbocycles. The van der Waals surface area contributed by atoms with Crippen LogP contribution in [-0.2, 0) is 17.6 Å². The SMILES string of the molecule is Cc1ccc(-n2nc(C(=O)NCC3CCCO3)c3c2CCC3)cc1. The molecule has 24 heavy (non-hydrogen) atoms. The number of nitrogens with one attached hydrogen (secondary N) is 1. The van der Waals surface area contributed by atoms with Crippen molar-refractivity contribution in [3.63, 3.8) is 0 Å². The van der Waals surface area contributed by atoms with Crippen LogP contribution >= 0.6 is 0 Å². The summed E-state index contributed by atoms with van der Waals surface area (Å²) >= 11 is 0. The highest BCUT2D eigenvalue weighted by molar-refractivity contribution is 5.94. The van der Waals surface area contributed by atoms with Crippen LogP contribution in [-0.4, -0.2) is 34.9 Å². The largest absolute Gasteiger partial charge is 0.376 e. The molecular formula is C19H23N3O2. The molecule has 0 bridgehead atoms. The molecule has 1 aromatic heterocycles. The van der Waals surface area contributed by atoms with Gasteiger partial charge in [-0.15, -0.1) is 0 Å². The lowest BCUT2D eigenvalue weighted by atomic mass is 10.2. The Hall–Kier alpha value is -2.14. The van der Waals surface area contributed by atoms with Gasteiger partial charge in [0.2, 0.25) is 0 Å². The number of carbonyl (C=O) groups is 1. The highest BCUT2D eigenvalue weighted by atomic mass is 16.5. The predicted molar refractivity (Wildman–Crippen MR) is 91.6 cm³/mol. The maximum atomic E-state index is 12.6. The van der Waals surface area contributed by atoms with E-state index in [4.69, 9.17) is 4.74 Å². The lowest BCUT2D eigenvalue weighted by molar-refractivity contribution is 0.0852. The van der Waals surface area contributed by atoms with Crippen molar-refractivity contribution >= 4 is 5.91 Å². The zero-order chi connectivity index (χ0) is 16.5.